The number of anilines is 1. The van der Waals surface area contributed by atoms with Crippen LogP contribution in [0, 0.1) is 11.3 Å². The van der Waals surface area contributed by atoms with Crippen molar-refractivity contribution in [3.63, 3.8) is 0 Å². The number of hydrogen-bond acceptors (Lipinski definition) is 6. The Morgan fingerprint density at radius 1 is 1.08 bits per heavy atom. The molecule has 1 aliphatic heterocycles. The van der Waals surface area contributed by atoms with Crippen LogP contribution in [0.5, 0.6) is 0 Å². The summed E-state index contributed by atoms with van der Waals surface area (Å²) in [5, 5.41) is 12.4. The van der Waals surface area contributed by atoms with E-state index < -0.39 is 0 Å². The number of nitrogens with zero attached hydrogens (tertiary/aromatic N) is 5. The molecule has 5 nitrogen and oxygen atoms in total. The molecule has 7 heteroatoms. The fraction of sp³-hybridized carbons (Fsp3) is 0.278. The fourth-order valence-corrected chi connectivity index (χ4v) is 4.19. The second-order valence-electron chi connectivity index (χ2n) is 5.94. The standard InChI is InChI=1S/C18H16ClN5S/c19-14-3-1-13(2-4-14)16(11-20)23-6-8-24(9-7-23)18-17-15(5-10-25-17)21-12-22-18/h1-5,10,12,16H,6-9H2. The molecule has 126 valence electrons. The van der Waals surface area contributed by atoms with Crippen LogP contribution in [0.1, 0.15) is 11.6 Å². The number of nitriles is 1. The van der Waals surface area contributed by atoms with Gasteiger partial charge in [-0.25, -0.2) is 9.97 Å². The van der Waals surface area contributed by atoms with Crippen molar-refractivity contribution in [1.82, 2.24) is 14.9 Å². The van der Waals surface area contributed by atoms with Gasteiger partial charge >= 0.3 is 0 Å². The number of rotatable bonds is 3. The topological polar surface area (TPSA) is 56.1 Å². The molecule has 1 aromatic carbocycles. The number of halogens is 1. The molecule has 0 amide bonds. The molecule has 25 heavy (non-hydrogen) atoms. The van der Waals surface area contributed by atoms with E-state index in [9.17, 15) is 5.26 Å². The number of benzene rings is 1. The van der Waals surface area contributed by atoms with Crippen molar-refractivity contribution in [3.05, 3.63) is 52.6 Å². The third kappa shape index (κ3) is 3.19. The number of hydrogen-bond donors (Lipinski definition) is 0. The minimum Gasteiger partial charge on any atom is -0.353 e. The smallest absolute Gasteiger partial charge is 0.150 e. The lowest BCUT2D eigenvalue weighted by Crippen LogP contribution is -2.47. The van der Waals surface area contributed by atoms with E-state index in [0.29, 0.717) is 5.02 Å². The van der Waals surface area contributed by atoms with E-state index >= 15 is 0 Å². The van der Waals surface area contributed by atoms with Crippen molar-refractivity contribution in [2.24, 2.45) is 0 Å². The van der Waals surface area contributed by atoms with Crippen molar-refractivity contribution < 1.29 is 0 Å². The van der Waals surface area contributed by atoms with E-state index in [1.165, 1.54) is 0 Å². The van der Waals surface area contributed by atoms with Gasteiger partial charge in [-0.1, -0.05) is 23.7 Å². The average Bonchev–Trinajstić information content (AvgIpc) is 3.13. The summed E-state index contributed by atoms with van der Waals surface area (Å²) in [6.45, 7) is 3.32. The molecule has 0 N–H and O–H groups in total. The van der Waals surface area contributed by atoms with Gasteiger partial charge in [-0.05, 0) is 29.1 Å². The fourth-order valence-electron chi connectivity index (χ4n) is 3.21. The van der Waals surface area contributed by atoms with E-state index in [4.69, 9.17) is 11.6 Å². The highest BCUT2D eigenvalue weighted by Gasteiger charge is 2.26. The maximum absolute atomic E-state index is 9.64. The van der Waals surface area contributed by atoms with Crippen LogP contribution in [0.3, 0.4) is 0 Å². The van der Waals surface area contributed by atoms with Crippen LogP contribution >= 0.6 is 22.9 Å². The number of aromatic nitrogens is 2. The molecule has 1 atom stereocenters. The predicted octanol–water partition coefficient (Wildman–Crippen LogP) is 3.73. The van der Waals surface area contributed by atoms with Gasteiger partial charge < -0.3 is 4.90 Å². The lowest BCUT2D eigenvalue weighted by Gasteiger charge is -2.37. The van der Waals surface area contributed by atoms with E-state index in [1.807, 2.05) is 35.7 Å². The molecule has 1 fully saturated rings. The van der Waals surface area contributed by atoms with E-state index in [2.05, 4.69) is 25.8 Å². The number of piperazine rings is 1. The summed E-state index contributed by atoms with van der Waals surface area (Å²) in [5.41, 5.74) is 1.98. The van der Waals surface area contributed by atoms with Gasteiger partial charge in [0.2, 0.25) is 0 Å². The molecule has 0 bridgehead atoms. The predicted molar refractivity (Wildman–Crippen MR) is 101 cm³/mol. The Kier molecular flexibility index (Phi) is 4.53. The van der Waals surface area contributed by atoms with Gasteiger partial charge in [-0.15, -0.1) is 11.3 Å². The highest BCUT2D eigenvalue weighted by atomic mass is 35.5. The van der Waals surface area contributed by atoms with Crippen molar-refractivity contribution in [1.29, 1.82) is 5.26 Å². The zero-order chi connectivity index (χ0) is 17.2. The Morgan fingerprint density at radius 3 is 2.56 bits per heavy atom. The minimum absolute atomic E-state index is 0.244. The van der Waals surface area contributed by atoms with Crippen molar-refractivity contribution >= 4 is 39.0 Å². The highest BCUT2D eigenvalue weighted by molar-refractivity contribution is 7.17. The van der Waals surface area contributed by atoms with Gasteiger partial charge in [0, 0.05) is 31.2 Å². The van der Waals surface area contributed by atoms with Gasteiger partial charge in [0.15, 0.2) is 0 Å². The van der Waals surface area contributed by atoms with Crippen LogP contribution < -0.4 is 4.90 Å². The quantitative estimate of drug-likeness (QED) is 0.704. The summed E-state index contributed by atoms with van der Waals surface area (Å²) in [5.74, 6) is 1.000. The second-order valence-corrected chi connectivity index (χ2v) is 7.29. The Morgan fingerprint density at radius 2 is 1.84 bits per heavy atom. The van der Waals surface area contributed by atoms with Crippen molar-refractivity contribution in [3.8, 4) is 6.07 Å². The van der Waals surface area contributed by atoms with Crippen molar-refractivity contribution in [2.75, 3.05) is 31.1 Å². The molecule has 0 radical (unpaired) electrons. The normalized spacial score (nSPS) is 16.7. The largest absolute Gasteiger partial charge is 0.353 e. The van der Waals surface area contributed by atoms with Gasteiger partial charge in [0.05, 0.1) is 16.3 Å². The number of fused-ring (bicyclic) bond motifs is 1. The minimum atomic E-state index is -0.244. The van der Waals surface area contributed by atoms with Crippen LogP contribution in [-0.4, -0.2) is 41.0 Å². The molecule has 3 aromatic rings. The summed E-state index contributed by atoms with van der Waals surface area (Å²) >= 11 is 7.63. The third-order valence-electron chi connectivity index (χ3n) is 4.51. The molecule has 4 rings (SSSR count). The van der Waals surface area contributed by atoms with Crippen LogP contribution in [0.25, 0.3) is 10.2 Å². The maximum Gasteiger partial charge on any atom is 0.150 e. The third-order valence-corrected chi connectivity index (χ3v) is 5.66. The van der Waals surface area contributed by atoms with E-state index in [1.54, 1.807) is 17.7 Å². The molecule has 1 aliphatic rings. The molecule has 0 aliphatic carbocycles. The second kappa shape index (κ2) is 6.96. The van der Waals surface area contributed by atoms with Crippen LogP contribution in [0.2, 0.25) is 5.02 Å². The van der Waals surface area contributed by atoms with Gasteiger partial charge in [0.1, 0.15) is 18.2 Å². The Hall–Kier alpha value is -2.20. The van der Waals surface area contributed by atoms with E-state index in [0.717, 1.165) is 47.8 Å². The first-order valence-corrected chi connectivity index (χ1v) is 9.34. The zero-order valence-electron chi connectivity index (χ0n) is 13.5. The lowest BCUT2D eigenvalue weighted by molar-refractivity contribution is 0.222. The first-order chi connectivity index (χ1) is 12.3. The Balaban J connectivity index is 1.50. The molecule has 0 saturated carbocycles. The molecular weight excluding hydrogens is 354 g/mol. The molecule has 3 heterocycles. The average molecular weight is 370 g/mol. The Labute approximate surface area is 155 Å². The van der Waals surface area contributed by atoms with Crippen LogP contribution in [-0.2, 0) is 0 Å². The first-order valence-electron chi connectivity index (χ1n) is 8.08. The van der Waals surface area contributed by atoms with Gasteiger partial charge in [-0.3, -0.25) is 4.90 Å². The molecule has 0 spiro atoms. The summed E-state index contributed by atoms with van der Waals surface area (Å²) in [6, 6.07) is 11.7. The van der Waals surface area contributed by atoms with Crippen molar-refractivity contribution in [2.45, 2.75) is 6.04 Å². The zero-order valence-corrected chi connectivity index (χ0v) is 15.0. The summed E-state index contributed by atoms with van der Waals surface area (Å²) in [6.07, 6.45) is 1.63. The maximum atomic E-state index is 9.64. The highest BCUT2D eigenvalue weighted by Crippen LogP contribution is 2.30. The molecule has 1 saturated heterocycles. The van der Waals surface area contributed by atoms with Crippen LogP contribution in [0.4, 0.5) is 5.82 Å². The van der Waals surface area contributed by atoms with Gasteiger partial charge in [-0.2, -0.15) is 5.26 Å². The molecule has 2 aromatic heterocycles. The number of thiophene rings is 1. The first kappa shape index (κ1) is 16.3. The summed E-state index contributed by atoms with van der Waals surface area (Å²) in [4.78, 5) is 13.3. The molecular formula is C18H16ClN5S. The Bertz CT molecular complexity index is 909. The summed E-state index contributed by atoms with van der Waals surface area (Å²) in [7, 11) is 0. The van der Waals surface area contributed by atoms with Crippen LogP contribution in [0.15, 0.2) is 42.0 Å². The monoisotopic (exact) mass is 369 g/mol. The summed E-state index contributed by atoms with van der Waals surface area (Å²) < 4.78 is 1.13. The van der Waals surface area contributed by atoms with Gasteiger partial charge in [0.25, 0.3) is 0 Å². The lowest BCUT2D eigenvalue weighted by atomic mass is 10.1. The SMILES string of the molecule is N#CC(c1ccc(Cl)cc1)N1CCN(c2ncnc3ccsc23)CC1. The molecule has 1 unspecified atom stereocenters. The van der Waals surface area contributed by atoms with E-state index in [-0.39, 0.29) is 6.04 Å².